The minimum absolute atomic E-state index is 0.0279. The van der Waals surface area contributed by atoms with Crippen molar-refractivity contribution >= 4 is 23.7 Å². The van der Waals surface area contributed by atoms with E-state index in [-0.39, 0.29) is 12.3 Å². The number of nitro benzene ring substituents is 1. The Hall–Kier alpha value is -3.75. The van der Waals surface area contributed by atoms with Crippen molar-refractivity contribution < 1.29 is 19.2 Å². The summed E-state index contributed by atoms with van der Waals surface area (Å²) in [6.45, 7) is -0.245. The van der Waals surface area contributed by atoms with Gasteiger partial charge >= 0.3 is 0 Å². The van der Waals surface area contributed by atoms with E-state index in [9.17, 15) is 19.7 Å². The van der Waals surface area contributed by atoms with E-state index in [0.29, 0.717) is 16.9 Å². The lowest BCUT2D eigenvalue weighted by molar-refractivity contribution is -0.384. The molecule has 0 heterocycles. The number of benzene rings is 2. The summed E-state index contributed by atoms with van der Waals surface area (Å²) < 4.78 is 5.08. The summed E-state index contributed by atoms with van der Waals surface area (Å²) in [7, 11) is 0. The minimum atomic E-state index is -0.595. The maximum absolute atomic E-state index is 11.9. The number of carbonyl (C=O) groups is 2. The van der Waals surface area contributed by atoms with E-state index in [0.717, 1.165) is 0 Å². The molecule has 0 aliphatic heterocycles. The van der Waals surface area contributed by atoms with Crippen molar-refractivity contribution in [2.45, 2.75) is 0 Å². The molecule has 0 aromatic heterocycles. The third-order valence-corrected chi connectivity index (χ3v) is 2.98. The van der Waals surface area contributed by atoms with Gasteiger partial charge in [-0.1, -0.05) is 0 Å². The number of primary amides is 1. The molecule has 2 rings (SSSR count). The van der Waals surface area contributed by atoms with Crippen LogP contribution in [-0.4, -0.2) is 29.6 Å². The summed E-state index contributed by atoms with van der Waals surface area (Å²) in [6, 6.07) is 11.8. The van der Waals surface area contributed by atoms with Gasteiger partial charge in [0, 0.05) is 17.7 Å². The van der Waals surface area contributed by atoms with E-state index in [1.165, 1.54) is 54.7 Å². The molecule has 0 aliphatic rings. The minimum Gasteiger partial charge on any atom is -0.484 e. The zero-order valence-corrected chi connectivity index (χ0v) is 12.9. The highest BCUT2D eigenvalue weighted by Crippen LogP contribution is 2.12. The molecule has 0 saturated heterocycles. The SMILES string of the molecule is NC(=O)COc1ccc(C(=O)N/N=C/c2ccc([N+](=O)[O-])cc2)cc1. The Kier molecular flexibility index (Phi) is 5.77. The molecule has 3 N–H and O–H groups in total. The first-order valence-electron chi connectivity index (χ1n) is 7.05. The zero-order chi connectivity index (χ0) is 18.2. The molecule has 2 aromatic carbocycles. The number of carbonyl (C=O) groups excluding carboxylic acids is 2. The van der Waals surface area contributed by atoms with Crippen LogP contribution in [0.1, 0.15) is 15.9 Å². The molecule has 9 heteroatoms. The highest BCUT2D eigenvalue weighted by molar-refractivity contribution is 5.95. The molecule has 9 nitrogen and oxygen atoms in total. The number of hydrogen-bond donors (Lipinski definition) is 2. The van der Waals surface area contributed by atoms with Gasteiger partial charge in [-0.25, -0.2) is 5.43 Å². The van der Waals surface area contributed by atoms with Crippen molar-refractivity contribution in [2.75, 3.05) is 6.61 Å². The largest absolute Gasteiger partial charge is 0.484 e. The summed E-state index contributed by atoms with van der Waals surface area (Å²) in [4.78, 5) is 32.6. The number of nitrogens with one attached hydrogen (secondary N) is 1. The molecule has 0 saturated carbocycles. The molecular weight excluding hydrogens is 328 g/mol. The fraction of sp³-hybridized carbons (Fsp3) is 0.0625. The molecule has 0 spiro atoms. The number of hydrazone groups is 1. The Balaban J connectivity index is 1.90. The third-order valence-electron chi connectivity index (χ3n) is 2.98. The maximum atomic E-state index is 11.9. The van der Waals surface area contributed by atoms with Gasteiger partial charge in [0.1, 0.15) is 5.75 Å². The zero-order valence-electron chi connectivity index (χ0n) is 12.9. The quantitative estimate of drug-likeness (QED) is 0.443. The van der Waals surface area contributed by atoms with Crippen LogP contribution >= 0.6 is 0 Å². The molecule has 0 bridgehead atoms. The lowest BCUT2D eigenvalue weighted by Gasteiger charge is -2.04. The van der Waals surface area contributed by atoms with Crippen molar-refractivity contribution in [1.82, 2.24) is 5.43 Å². The van der Waals surface area contributed by atoms with Crippen LogP contribution in [0.25, 0.3) is 0 Å². The van der Waals surface area contributed by atoms with Crippen LogP contribution in [0.15, 0.2) is 53.6 Å². The van der Waals surface area contributed by atoms with Gasteiger partial charge in [0.15, 0.2) is 6.61 Å². The van der Waals surface area contributed by atoms with E-state index >= 15 is 0 Å². The van der Waals surface area contributed by atoms with Crippen LogP contribution < -0.4 is 15.9 Å². The van der Waals surface area contributed by atoms with Crippen LogP contribution in [0.5, 0.6) is 5.75 Å². The Labute approximate surface area is 142 Å². The molecule has 0 unspecified atom stereocenters. The Bertz CT molecular complexity index is 800. The molecule has 2 amide bonds. The van der Waals surface area contributed by atoms with Gasteiger partial charge in [-0.05, 0) is 42.0 Å². The summed E-state index contributed by atoms with van der Waals surface area (Å²) in [5.74, 6) is -0.633. The summed E-state index contributed by atoms with van der Waals surface area (Å²) >= 11 is 0. The van der Waals surface area contributed by atoms with Crippen LogP contribution in [0.3, 0.4) is 0 Å². The smallest absolute Gasteiger partial charge is 0.271 e. The van der Waals surface area contributed by atoms with Crippen LogP contribution in [-0.2, 0) is 4.79 Å². The van der Waals surface area contributed by atoms with E-state index in [2.05, 4.69) is 10.5 Å². The second-order valence-corrected chi connectivity index (χ2v) is 4.83. The predicted octanol–water partition coefficient (Wildman–Crippen LogP) is 1.22. The van der Waals surface area contributed by atoms with Gasteiger partial charge in [-0.15, -0.1) is 0 Å². The van der Waals surface area contributed by atoms with E-state index < -0.39 is 16.7 Å². The van der Waals surface area contributed by atoms with Crippen LogP contribution in [0, 0.1) is 10.1 Å². The molecule has 2 aromatic rings. The number of rotatable bonds is 7. The lowest BCUT2D eigenvalue weighted by Crippen LogP contribution is -2.20. The average Bonchev–Trinajstić information content (AvgIpc) is 2.60. The third kappa shape index (κ3) is 5.43. The number of amides is 2. The predicted molar refractivity (Wildman–Crippen MR) is 89.3 cm³/mol. The number of hydrogen-bond acceptors (Lipinski definition) is 6. The molecule has 128 valence electrons. The molecule has 25 heavy (non-hydrogen) atoms. The van der Waals surface area contributed by atoms with Gasteiger partial charge in [0.25, 0.3) is 17.5 Å². The lowest BCUT2D eigenvalue weighted by atomic mass is 10.2. The van der Waals surface area contributed by atoms with Crippen molar-refractivity contribution in [2.24, 2.45) is 10.8 Å². The molecular formula is C16H14N4O5. The molecule has 0 atom stereocenters. The normalized spacial score (nSPS) is 10.4. The van der Waals surface area contributed by atoms with Gasteiger partial charge in [0.2, 0.25) is 0 Å². The Morgan fingerprint density at radius 2 is 1.80 bits per heavy atom. The van der Waals surface area contributed by atoms with Crippen LogP contribution in [0.4, 0.5) is 5.69 Å². The van der Waals surface area contributed by atoms with Crippen molar-refractivity contribution in [3.05, 3.63) is 69.8 Å². The highest BCUT2D eigenvalue weighted by Gasteiger charge is 2.05. The van der Waals surface area contributed by atoms with E-state index in [4.69, 9.17) is 10.5 Å². The fourth-order valence-corrected chi connectivity index (χ4v) is 1.77. The van der Waals surface area contributed by atoms with Gasteiger partial charge in [0.05, 0.1) is 11.1 Å². The first-order chi connectivity index (χ1) is 12.0. The molecule has 0 aliphatic carbocycles. The Morgan fingerprint density at radius 1 is 1.16 bits per heavy atom. The number of nitrogens with zero attached hydrogens (tertiary/aromatic N) is 2. The monoisotopic (exact) mass is 342 g/mol. The van der Waals surface area contributed by atoms with Gasteiger partial charge in [-0.2, -0.15) is 5.10 Å². The number of nitro groups is 1. The molecule has 0 fully saturated rings. The standard InChI is InChI=1S/C16H14N4O5/c17-15(21)10-25-14-7-3-12(4-8-14)16(22)19-18-9-11-1-5-13(6-2-11)20(23)24/h1-9H,10H2,(H2,17,21)(H,19,22)/b18-9+. The summed E-state index contributed by atoms with van der Waals surface area (Å²) in [5, 5.41) is 14.3. The van der Waals surface area contributed by atoms with Gasteiger partial charge in [-0.3, -0.25) is 19.7 Å². The van der Waals surface area contributed by atoms with E-state index in [1.54, 1.807) is 0 Å². The molecule has 0 radical (unpaired) electrons. The average molecular weight is 342 g/mol. The van der Waals surface area contributed by atoms with Crippen LogP contribution in [0.2, 0.25) is 0 Å². The number of non-ortho nitro benzene ring substituents is 1. The van der Waals surface area contributed by atoms with E-state index in [1.807, 2.05) is 0 Å². The first-order valence-corrected chi connectivity index (χ1v) is 7.05. The first kappa shape index (κ1) is 17.6. The second kappa shape index (κ2) is 8.20. The van der Waals surface area contributed by atoms with Gasteiger partial charge < -0.3 is 10.5 Å². The highest BCUT2D eigenvalue weighted by atomic mass is 16.6. The topological polar surface area (TPSA) is 137 Å². The number of ether oxygens (including phenoxy) is 1. The summed E-state index contributed by atoms with van der Waals surface area (Å²) in [5.41, 5.74) is 8.21. The van der Waals surface area contributed by atoms with Crippen molar-refractivity contribution in [1.29, 1.82) is 0 Å². The Morgan fingerprint density at radius 3 is 2.36 bits per heavy atom. The second-order valence-electron chi connectivity index (χ2n) is 4.83. The summed E-state index contributed by atoms with van der Waals surface area (Å²) in [6.07, 6.45) is 1.37. The van der Waals surface area contributed by atoms with Crippen molar-refractivity contribution in [3.8, 4) is 5.75 Å². The maximum Gasteiger partial charge on any atom is 0.271 e. The fourth-order valence-electron chi connectivity index (χ4n) is 1.77. The van der Waals surface area contributed by atoms with Crippen molar-refractivity contribution in [3.63, 3.8) is 0 Å². The number of nitrogens with two attached hydrogens (primary N) is 1.